The van der Waals surface area contributed by atoms with Gasteiger partial charge >= 0.3 is 0 Å². The monoisotopic (exact) mass is 386 g/mol. The normalized spacial score (nSPS) is 10.7. The molecule has 7 nitrogen and oxygen atoms in total. The number of primary amides is 1. The van der Waals surface area contributed by atoms with Crippen LogP contribution in [0.5, 0.6) is 11.5 Å². The molecule has 3 rings (SSSR count). The molecular formula is C19H19ClN4O3. The zero-order valence-corrected chi connectivity index (χ0v) is 15.9. The summed E-state index contributed by atoms with van der Waals surface area (Å²) >= 11 is 6.20. The van der Waals surface area contributed by atoms with E-state index in [2.05, 4.69) is 15.4 Å². The van der Waals surface area contributed by atoms with Gasteiger partial charge in [0.15, 0.2) is 5.69 Å². The molecule has 0 aliphatic heterocycles. The van der Waals surface area contributed by atoms with E-state index in [0.29, 0.717) is 22.8 Å². The van der Waals surface area contributed by atoms with Crippen molar-refractivity contribution in [1.82, 2.24) is 15.4 Å². The first-order valence-electron chi connectivity index (χ1n) is 8.18. The van der Waals surface area contributed by atoms with Crippen molar-refractivity contribution in [2.24, 2.45) is 5.73 Å². The first-order valence-corrected chi connectivity index (χ1v) is 8.56. The van der Waals surface area contributed by atoms with Crippen LogP contribution in [0.2, 0.25) is 5.02 Å². The van der Waals surface area contributed by atoms with Gasteiger partial charge in [-0.25, -0.2) is 0 Å². The second-order valence-corrected chi connectivity index (χ2v) is 6.45. The quantitative estimate of drug-likeness (QED) is 0.675. The maximum atomic E-state index is 11.5. The van der Waals surface area contributed by atoms with Crippen LogP contribution in [0.15, 0.2) is 30.3 Å². The lowest BCUT2D eigenvalue weighted by molar-refractivity contribution is 0.0996. The largest absolute Gasteiger partial charge is 0.496 e. The minimum atomic E-state index is -0.653. The summed E-state index contributed by atoms with van der Waals surface area (Å²) in [7, 11) is 1.58. The fourth-order valence-electron chi connectivity index (χ4n) is 2.79. The van der Waals surface area contributed by atoms with E-state index in [0.717, 1.165) is 21.7 Å². The molecule has 1 amide bonds. The maximum absolute atomic E-state index is 11.5. The van der Waals surface area contributed by atoms with Crippen molar-refractivity contribution in [3.63, 3.8) is 0 Å². The molecule has 27 heavy (non-hydrogen) atoms. The third kappa shape index (κ3) is 3.88. The fourth-order valence-corrected chi connectivity index (χ4v) is 2.90. The number of methoxy groups -OCH3 is 1. The molecule has 0 saturated heterocycles. The lowest BCUT2D eigenvalue weighted by Crippen LogP contribution is -2.12. The molecule has 3 N–H and O–H groups in total. The second-order valence-electron chi connectivity index (χ2n) is 6.07. The molecule has 0 saturated carbocycles. The van der Waals surface area contributed by atoms with Crippen molar-refractivity contribution < 1.29 is 14.3 Å². The molecule has 0 aliphatic carbocycles. The van der Waals surface area contributed by atoms with Crippen molar-refractivity contribution in [3.05, 3.63) is 57.7 Å². The smallest absolute Gasteiger partial charge is 0.271 e. The highest BCUT2D eigenvalue weighted by Crippen LogP contribution is 2.30. The average Bonchev–Trinajstić information content (AvgIpc) is 3.14. The molecule has 0 spiro atoms. The number of benzene rings is 2. The number of amides is 1. The number of rotatable bonds is 6. The minimum absolute atomic E-state index is 0.0796. The van der Waals surface area contributed by atoms with E-state index < -0.39 is 5.91 Å². The topological polar surface area (TPSA) is 103 Å². The van der Waals surface area contributed by atoms with Crippen molar-refractivity contribution >= 4 is 17.5 Å². The number of halogens is 1. The van der Waals surface area contributed by atoms with E-state index in [1.165, 1.54) is 0 Å². The number of nitrogens with one attached hydrogen (secondary N) is 1. The van der Waals surface area contributed by atoms with Crippen LogP contribution in [0.4, 0.5) is 0 Å². The molecule has 0 unspecified atom stereocenters. The zero-order chi connectivity index (χ0) is 19.6. The van der Waals surface area contributed by atoms with Crippen LogP contribution in [0.1, 0.15) is 27.2 Å². The lowest BCUT2D eigenvalue weighted by Gasteiger charge is -2.13. The Kier molecular flexibility index (Phi) is 5.32. The van der Waals surface area contributed by atoms with Crippen LogP contribution in [-0.2, 0) is 6.61 Å². The van der Waals surface area contributed by atoms with Gasteiger partial charge in [-0.3, -0.25) is 4.79 Å². The zero-order valence-electron chi connectivity index (χ0n) is 15.2. The van der Waals surface area contributed by atoms with Gasteiger partial charge in [-0.05, 0) is 55.3 Å². The summed E-state index contributed by atoms with van der Waals surface area (Å²) in [5.74, 6) is 0.714. The maximum Gasteiger partial charge on any atom is 0.271 e. The number of hydrogen-bond acceptors (Lipinski definition) is 5. The van der Waals surface area contributed by atoms with Gasteiger partial charge in [0, 0.05) is 16.1 Å². The first kappa shape index (κ1) is 18.7. The summed E-state index contributed by atoms with van der Waals surface area (Å²) in [6.07, 6.45) is 0. The van der Waals surface area contributed by atoms with E-state index in [1.54, 1.807) is 19.2 Å². The van der Waals surface area contributed by atoms with Crippen molar-refractivity contribution in [3.8, 4) is 22.8 Å². The van der Waals surface area contributed by atoms with Crippen LogP contribution in [0.3, 0.4) is 0 Å². The molecule has 0 fully saturated rings. The third-order valence-corrected chi connectivity index (χ3v) is 4.74. The molecule has 2 aromatic carbocycles. The predicted molar refractivity (Wildman–Crippen MR) is 102 cm³/mol. The highest BCUT2D eigenvalue weighted by atomic mass is 35.5. The molecule has 0 aliphatic rings. The van der Waals surface area contributed by atoms with Gasteiger partial charge in [0.2, 0.25) is 0 Å². The molecular weight excluding hydrogens is 368 g/mol. The fraction of sp³-hybridized carbons (Fsp3) is 0.211. The van der Waals surface area contributed by atoms with E-state index in [9.17, 15) is 4.79 Å². The van der Waals surface area contributed by atoms with E-state index >= 15 is 0 Å². The van der Waals surface area contributed by atoms with Gasteiger partial charge in [0.1, 0.15) is 23.8 Å². The summed E-state index contributed by atoms with van der Waals surface area (Å²) in [4.78, 5) is 11.5. The molecule has 3 aromatic rings. The number of H-pyrrole nitrogens is 1. The number of aryl methyl sites for hydroxylation is 2. The van der Waals surface area contributed by atoms with Crippen molar-refractivity contribution in [2.75, 3.05) is 7.11 Å². The average molecular weight is 387 g/mol. The standard InChI is InChI=1S/C19H19ClN4O3/c1-10-6-14(7-11(2)16(10)20)27-9-13-8-12(4-5-15(13)26-3)17-18(19(21)25)23-24-22-17/h4-8H,9H2,1-3H3,(H2,21,25)(H,22,23,24). The molecule has 1 aromatic heterocycles. The summed E-state index contributed by atoms with van der Waals surface area (Å²) in [5.41, 5.74) is 9.17. The third-order valence-electron chi connectivity index (χ3n) is 4.14. The Bertz CT molecular complexity index is 977. The Balaban J connectivity index is 1.90. The molecule has 0 atom stereocenters. The van der Waals surface area contributed by atoms with E-state index in [4.69, 9.17) is 26.8 Å². The number of aromatic amines is 1. The van der Waals surface area contributed by atoms with E-state index in [-0.39, 0.29) is 12.3 Å². The van der Waals surface area contributed by atoms with Crippen LogP contribution >= 0.6 is 11.6 Å². The van der Waals surface area contributed by atoms with Crippen molar-refractivity contribution in [2.45, 2.75) is 20.5 Å². The number of carbonyl (C=O) groups is 1. The molecule has 1 heterocycles. The lowest BCUT2D eigenvalue weighted by atomic mass is 10.1. The second kappa shape index (κ2) is 7.67. The van der Waals surface area contributed by atoms with Gasteiger partial charge in [0.25, 0.3) is 5.91 Å². The first-order chi connectivity index (χ1) is 12.9. The van der Waals surface area contributed by atoms with Gasteiger partial charge in [0.05, 0.1) is 7.11 Å². The van der Waals surface area contributed by atoms with Crippen molar-refractivity contribution in [1.29, 1.82) is 0 Å². The number of ether oxygens (including phenoxy) is 2. The molecule has 140 valence electrons. The van der Waals surface area contributed by atoms with Crippen LogP contribution < -0.4 is 15.2 Å². The Morgan fingerprint density at radius 2 is 1.89 bits per heavy atom. The summed E-state index contributed by atoms with van der Waals surface area (Å²) in [6, 6.07) is 9.16. The Labute approximate surface area is 161 Å². The van der Waals surface area contributed by atoms with Gasteiger partial charge in [-0.2, -0.15) is 15.4 Å². The van der Waals surface area contributed by atoms with Crippen LogP contribution in [0.25, 0.3) is 11.3 Å². The summed E-state index contributed by atoms with van der Waals surface area (Å²) < 4.78 is 11.3. The molecule has 0 radical (unpaired) electrons. The van der Waals surface area contributed by atoms with E-state index in [1.807, 2.05) is 32.0 Å². The number of hydrogen-bond donors (Lipinski definition) is 2. The highest BCUT2D eigenvalue weighted by molar-refractivity contribution is 6.32. The minimum Gasteiger partial charge on any atom is -0.496 e. The number of nitrogens with zero attached hydrogens (tertiary/aromatic N) is 2. The van der Waals surface area contributed by atoms with Crippen LogP contribution in [-0.4, -0.2) is 28.4 Å². The Morgan fingerprint density at radius 1 is 1.19 bits per heavy atom. The number of nitrogens with two attached hydrogens (primary N) is 1. The van der Waals surface area contributed by atoms with Gasteiger partial charge in [-0.1, -0.05) is 11.6 Å². The Morgan fingerprint density at radius 3 is 2.52 bits per heavy atom. The number of carbonyl (C=O) groups excluding carboxylic acids is 1. The predicted octanol–water partition coefficient (Wildman–Crippen LogP) is 3.43. The molecule has 0 bridgehead atoms. The SMILES string of the molecule is COc1ccc(-c2n[nH]nc2C(N)=O)cc1COc1cc(C)c(Cl)c(C)c1. The van der Waals surface area contributed by atoms with Gasteiger partial charge < -0.3 is 15.2 Å². The Hall–Kier alpha value is -3.06. The molecule has 8 heteroatoms. The summed E-state index contributed by atoms with van der Waals surface area (Å²) in [5, 5.41) is 11.0. The van der Waals surface area contributed by atoms with Crippen LogP contribution in [0, 0.1) is 13.8 Å². The van der Waals surface area contributed by atoms with Gasteiger partial charge in [-0.15, -0.1) is 0 Å². The highest BCUT2D eigenvalue weighted by Gasteiger charge is 2.17. The number of aromatic nitrogens is 3. The summed E-state index contributed by atoms with van der Waals surface area (Å²) in [6.45, 7) is 4.12.